The molecule has 1 saturated carbocycles. The van der Waals surface area contributed by atoms with E-state index in [9.17, 15) is 0 Å². The van der Waals surface area contributed by atoms with Crippen LogP contribution in [-0.4, -0.2) is 11.6 Å². The van der Waals surface area contributed by atoms with E-state index in [0.29, 0.717) is 11.5 Å². The maximum atomic E-state index is 5.66. The van der Waals surface area contributed by atoms with Crippen molar-refractivity contribution < 1.29 is 4.84 Å². The number of rotatable bonds is 2. The normalized spacial score (nSPS) is 31.6. The molecule has 1 rings (SSSR count). The van der Waals surface area contributed by atoms with Gasteiger partial charge in [0.2, 0.25) is 0 Å². The van der Waals surface area contributed by atoms with Crippen molar-refractivity contribution in [2.75, 3.05) is 0 Å². The molecule has 0 amide bonds. The van der Waals surface area contributed by atoms with Gasteiger partial charge in [0.1, 0.15) is 0 Å². The maximum absolute atomic E-state index is 5.66. The summed E-state index contributed by atoms with van der Waals surface area (Å²) in [6.45, 7) is 13.3. The van der Waals surface area contributed by atoms with Crippen LogP contribution in [0.3, 0.4) is 0 Å². The molecule has 0 aliphatic heterocycles. The van der Waals surface area contributed by atoms with Gasteiger partial charge in [0.25, 0.3) is 0 Å². The van der Waals surface area contributed by atoms with Gasteiger partial charge in [-0.25, -0.2) is 0 Å². The summed E-state index contributed by atoms with van der Waals surface area (Å²) in [5, 5.41) is 0. The van der Waals surface area contributed by atoms with Crippen LogP contribution in [0.25, 0.3) is 0 Å². The topological polar surface area (TPSA) is 21.3 Å². The molecular formula is C13H27NO. The number of hydrogen-bond acceptors (Lipinski definition) is 2. The summed E-state index contributed by atoms with van der Waals surface area (Å²) in [7, 11) is 0. The lowest BCUT2D eigenvalue weighted by atomic mass is 9.71. The minimum absolute atomic E-state index is 0.0924. The van der Waals surface area contributed by atoms with Crippen LogP contribution in [-0.2, 0) is 4.84 Å². The molecule has 1 N–H and O–H groups in total. The highest BCUT2D eigenvalue weighted by molar-refractivity contribution is 4.85. The first-order valence-electron chi connectivity index (χ1n) is 6.11. The summed E-state index contributed by atoms with van der Waals surface area (Å²) < 4.78 is 0. The van der Waals surface area contributed by atoms with E-state index in [-0.39, 0.29) is 5.60 Å². The molecule has 1 fully saturated rings. The fourth-order valence-electron chi connectivity index (χ4n) is 2.70. The molecule has 2 atom stereocenters. The van der Waals surface area contributed by atoms with Gasteiger partial charge in [0.05, 0.1) is 5.60 Å². The molecule has 2 nitrogen and oxygen atoms in total. The molecule has 0 spiro atoms. The molecule has 2 heteroatoms. The van der Waals surface area contributed by atoms with Crippen LogP contribution in [0.2, 0.25) is 0 Å². The van der Waals surface area contributed by atoms with E-state index in [4.69, 9.17) is 4.84 Å². The fourth-order valence-corrected chi connectivity index (χ4v) is 2.70. The molecule has 0 aromatic rings. The Kier molecular flexibility index (Phi) is 3.83. The Morgan fingerprint density at radius 3 is 2.27 bits per heavy atom. The first-order chi connectivity index (χ1) is 6.68. The average molecular weight is 213 g/mol. The molecule has 1 aliphatic carbocycles. The summed E-state index contributed by atoms with van der Waals surface area (Å²) in [6, 6.07) is 0.517. The van der Waals surface area contributed by atoms with Crippen molar-refractivity contribution in [1.29, 1.82) is 0 Å². The zero-order chi connectivity index (χ0) is 11.7. The minimum Gasteiger partial charge on any atom is -0.296 e. The first kappa shape index (κ1) is 13.0. The monoisotopic (exact) mass is 213 g/mol. The molecule has 15 heavy (non-hydrogen) atoms. The van der Waals surface area contributed by atoms with E-state index in [2.05, 4.69) is 47.0 Å². The van der Waals surface area contributed by atoms with Crippen molar-refractivity contribution in [2.45, 2.75) is 72.4 Å². The van der Waals surface area contributed by atoms with E-state index in [1.54, 1.807) is 0 Å². The minimum atomic E-state index is -0.0924. The van der Waals surface area contributed by atoms with Crippen LogP contribution < -0.4 is 5.48 Å². The first-order valence-corrected chi connectivity index (χ1v) is 6.11. The van der Waals surface area contributed by atoms with Crippen molar-refractivity contribution in [1.82, 2.24) is 5.48 Å². The van der Waals surface area contributed by atoms with Gasteiger partial charge < -0.3 is 0 Å². The van der Waals surface area contributed by atoms with Crippen molar-refractivity contribution in [3.8, 4) is 0 Å². The smallest absolute Gasteiger partial charge is 0.0813 e. The lowest BCUT2D eigenvalue weighted by molar-refractivity contribution is -0.102. The third kappa shape index (κ3) is 4.98. The third-order valence-corrected chi connectivity index (χ3v) is 2.92. The Morgan fingerprint density at radius 1 is 1.20 bits per heavy atom. The lowest BCUT2D eigenvalue weighted by Crippen LogP contribution is -2.43. The largest absolute Gasteiger partial charge is 0.296 e. The highest BCUT2D eigenvalue weighted by Crippen LogP contribution is 2.38. The standard InChI is InChI=1S/C13H27NO/c1-10-7-11(9-13(5,6)8-10)14-15-12(2,3)4/h10-11,14H,7-9H2,1-6H3. The second-order valence-corrected chi connectivity index (χ2v) is 6.94. The van der Waals surface area contributed by atoms with Gasteiger partial charge in [0.15, 0.2) is 0 Å². The van der Waals surface area contributed by atoms with Gasteiger partial charge in [-0.05, 0) is 51.4 Å². The van der Waals surface area contributed by atoms with Crippen LogP contribution in [0.15, 0.2) is 0 Å². The number of hydroxylamine groups is 1. The predicted molar refractivity (Wildman–Crippen MR) is 64.6 cm³/mol. The summed E-state index contributed by atoms with van der Waals surface area (Å²) in [5.74, 6) is 0.801. The average Bonchev–Trinajstić information content (AvgIpc) is 1.95. The van der Waals surface area contributed by atoms with E-state index in [1.807, 2.05) is 0 Å². The Bertz CT molecular complexity index is 205. The summed E-state index contributed by atoms with van der Waals surface area (Å²) >= 11 is 0. The van der Waals surface area contributed by atoms with Crippen LogP contribution in [0.1, 0.15) is 60.8 Å². The van der Waals surface area contributed by atoms with Gasteiger partial charge in [-0.1, -0.05) is 20.8 Å². The van der Waals surface area contributed by atoms with Gasteiger partial charge in [-0.15, -0.1) is 0 Å². The summed E-state index contributed by atoms with van der Waals surface area (Å²) in [5.41, 5.74) is 3.61. The maximum Gasteiger partial charge on any atom is 0.0813 e. The van der Waals surface area contributed by atoms with E-state index >= 15 is 0 Å². The fraction of sp³-hybridized carbons (Fsp3) is 1.00. The van der Waals surface area contributed by atoms with Crippen molar-refractivity contribution in [3.05, 3.63) is 0 Å². The SMILES string of the molecule is CC1CC(NOC(C)(C)C)CC(C)(C)C1. The molecule has 1 aliphatic rings. The molecule has 0 aromatic carbocycles. The lowest BCUT2D eigenvalue weighted by Gasteiger charge is -2.39. The van der Waals surface area contributed by atoms with E-state index in [0.717, 1.165) is 5.92 Å². The number of nitrogens with one attached hydrogen (secondary N) is 1. The molecular weight excluding hydrogens is 186 g/mol. The Hall–Kier alpha value is -0.0800. The molecule has 0 heterocycles. The van der Waals surface area contributed by atoms with E-state index < -0.39 is 0 Å². The number of hydrogen-bond donors (Lipinski definition) is 1. The zero-order valence-electron chi connectivity index (χ0n) is 11.2. The van der Waals surface area contributed by atoms with Crippen molar-refractivity contribution >= 4 is 0 Å². The van der Waals surface area contributed by atoms with Crippen molar-refractivity contribution in [3.63, 3.8) is 0 Å². The Morgan fingerprint density at radius 2 is 1.80 bits per heavy atom. The molecule has 0 radical (unpaired) electrons. The Balaban J connectivity index is 2.42. The van der Waals surface area contributed by atoms with Crippen LogP contribution >= 0.6 is 0 Å². The summed E-state index contributed by atoms with van der Waals surface area (Å²) in [4.78, 5) is 5.66. The van der Waals surface area contributed by atoms with Crippen LogP contribution in [0, 0.1) is 11.3 Å². The van der Waals surface area contributed by atoms with Gasteiger partial charge in [0, 0.05) is 6.04 Å². The molecule has 2 unspecified atom stereocenters. The van der Waals surface area contributed by atoms with Gasteiger partial charge >= 0.3 is 0 Å². The predicted octanol–water partition coefficient (Wildman–Crippen LogP) is 3.52. The van der Waals surface area contributed by atoms with Crippen molar-refractivity contribution in [2.24, 2.45) is 11.3 Å². The molecule has 90 valence electrons. The molecule has 0 saturated heterocycles. The van der Waals surface area contributed by atoms with Gasteiger partial charge in [-0.3, -0.25) is 4.84 Å². The summed E-state index contributed by atoms with van der Waals surface area (Å²) in [6.07, 6.45) is 3.79. The van der Waals surface area contributed by atoms with Crippen LogP contribution in [0.4, 0.5) is 0 Å². The Labute approximate surface area is 94.7 Å². The van der Waals surface area contributed by atoms with E-state index in [1.165, 1.54) is 19.3 Å². The zero-order valence-corrected chi connectivity index (χ0v) is 11.2. The molecule has 0 bridgehead atoms. The third-order valence-electron chi connectivity index (χ3n) is 2.92. The second kappa shape index (κ2) is 4.42. The highest BCUT2D eigenvalue weighted by atomic mass is 16.7. The van der Waals surface area contributed by atoms with Crippen LogP contribution in [0.5, 0.6) is 0 Å². The highest BCUT2D eigenvalue weighted by Gasteiger charge is 2.32. The quantitative estimate of drug-likeness (QED) is 0.709. The van der Waals surface area contributed by atoms with Gasteiger partial charge in [-0.2, -0.15) is 5.48 Å². The molecule has 0 aromatic heterocycles. The second-order valence-electron chi connectivity index (χ2n) is 6.94.